The fourth-order valence-corrected chi connectivity index (χ4v) is 3.74. The molecule has 0 aromatic carbocycles. The zero-order chi connectivity index (χ0) is 17.2. The minimum absolute atomic E-state index is 0.300. The predicted octanol–water partition coefficient (Wildman–Crippen LogP) is 2.80. The molecule has 132 valence electrons. The van der Waals surface area contributed by atoms with Crippen molar-refractivity contribution in [2.45, 2.75) is 32.4 Å². The Hall–Kier alpha value is -2.18. The van der Waals surface area contributed by atoms with Crippen molar-refractivity contribution in [3.63, 3.8) is 0 Å². The lowest BCUT2D eigenvalue weighted by Gasteiger charge is -2.26. The molecule has 1 aliphatic heterocycles. The van der Waals surface area contributed by atoms with E-state index in [1.807, 2.05) is 30.9 Å². The molecule has 25 heavy (non-hydrogen) atoms. The molecule has 6 heteroatoms. The number of fused-ring (bicyclic) bond motifs is 1. The van der Waals surface area contributed by atoms with Crippen molar-refractivity contribution in [1.29, 1.82) is 0 Å². The van der Waals surface area contributed by atoms with Gasteiger partial charge in [-0.1, -0.05) is 0 Å². The largest absolute Gasteiger partial charge is 0.468 e. The van der Waals surface area contributed by atoms with E-state index in [1.54, 1.807) is 6.26 Å². The second kappa shape index (κ2) is 6.98. The molecule has 3 aromatic rings. The number of pyridine rings is 1. The summed E-state index contributed by atoms with van der Waals surface area (Å²) in [7, 11) is 1.93. The Kier molecular flexibility index (Phi) is 4.55. The van der Waals surface area contributed by atoms with Crippen molar-refractivity contribution in [3.05, 3.63) is 47.7 Å². The Morgan fingerprint density at radius 3 is 2.92 bits per heavy atom. The topological polar surface area (TPSA) is 59.1 Å². The van der Waals surface area contributed by atoms with Gasteiger partial charge in [-0.05, 0) is 56.6 Å². The number of furan rings is 1. The zero-order valence-corrected chi connectivity index (χ0v) is 14.9. The van der Waals surface area contributed by atoms with Crippen LogP contribution in [0.3, 0.4) is 0 Å². The maximum atomic E-state index is 5.68. The lowest BCUT2D eigenvalue weighted by atomic mass is 10.1. The van der Waals surface area contributed by atoms with Crippen LogP contribution in [0.4, 0.5) is 0 Å². The number of nitrogens with zero attached hydrogens (tertiary/aromatic N) is 4. The summed E-state index contributed by atoms with van der Waals surface area (Å²) in [6.07, 6.45) is 6.26. The Morgan fingerprint density at radius 1 is 1.32 bits per heavy atom. The number of aromatic nitrogens is 3. The fraction of sp³-hybridized carbons (Fsp3) is 0.474. The van der Waals surface area contributed by atoms with Crippen molar-refractivity contribution < 1.29 is 4.42 Å². The summed E-state index contributed by atoms with van der Waals surface area (Å²) in [6, 6.07) is 6.54. The molecular formula is C19H25N5O. The third-order valence-corrected chi connectivity index (χ3v) is 5.04. The first-order valence-corrected chi connectivity index (χ1v) is 8.99. The van der Waals surface area contributed by atoms with Crippen LogP contribution in [0.15, 0.2) is 35.1 Å². The highest BCUT2D eigenvalue weighted by Crippen LogP contribution is 2.25. The van der Waals surface area contributed by atoms with Crippen LogP contribution < -0.4 is 5.32 Å². The Bertz CT molecular complexity index is 833. The summed E-state index contributed by atoms with van der Waals surface area (Å²) < 4.78 is 7.52. The Morgan fingerprint density at radius 2 is 2.16 bits per heavy atom. The number of hydrogen-bond acceptors (Lipinski definition) is 5. The van der Waals surface area contributed by atoms with Gasteiger partial charge in [0, 0.05) is 31.7 Å². The average Bonchev–Trinajstić information content (AvgIpc) is 3.35. The van der Waals surface area contributed by atoms with Crippen LogP contribution in [0.1, 0.15) is 35.9 Å². The van der Waals surface area contributed by atoms with E-state index < -0.39 is 0 Å². The van der Waals surface area contributed by atoms with E-state index in [-0.39, 0.29) is 0 Å². The van der Waals surface area contributed by atoms with E-state index in [0.717, 1.165) is 48.7 Å². The molecule has 0 aliphatic carbocycles. The van der Waals surface area contributed by atoms with Crippen LogP contribution in [0, 0.1) is 6.92 Å². The summed E-state index contributed by atoms with van der Waals surface area (Å²) in [6.45, 7) is 5.99. The van der Waals surface area contributed by atoms with Gasteiger partial charge < -0.3 is 9.73 Å². The van der Waals surface area contributed by atoms with Crippen molar-refractivity contribution in [3.8, 4) is 0 Å². The van der Waals surface area contributed by atoms with E-state index in [1.165, 1.54) is 18.4 Å². The van der Waals surface area contributed by atoms with Crippen LogP contribution in [-0.4, -0.2) is 39.3 Å². The minimum atomic E-state index is 0.300. The second-order valence-corrected chi connectivity index (χ2v) is 6.83. The van der Waals surface area contributed by atoms with E-state index in [9.17, 15) is 0 Å². The number of rotatable bonds is 6. The van der Waals surface area contributed by atoms with Crippen LogP contribution in [0.5, 0.6) is 0 Å². The maximum Gasteiger partial charge on any atom is 0.157 e. The van der Waals surface area contributed by atoms with Gasteiger partial charge in [0.25, 0.3) is 0 Å². The molecule has 4 rings (SSSR count). The fourth-order valence-electron chi connectivity index (χ4n) is 3.74. The SMILES string of the molecule is Cc1nn(C)c2ncc(CNCC(c3ccco3)N3CCCC3)cc12. The molecule has 1 aliphatic rings. The van der Waals surface area contributed by atoms with Crippen molar-refractivity contribution in [1.82, 2.24) is 25.0 Å². The molecule has 1 atom stereocenters. The standard InChI is InChI=1S/C19H25N5O/c1-14-16-10-15(12-21-19(16)23(2)22-14)11-20-13-17(18-6-5-9-25-18)24-7-3-4-8-24/h5-6,9-10,12,17,20H,3-4,7-8,11,13H2,1-2H3. The van der Waals surface area contributed by atoms with E-state index >= 15 is 0 Å². The number of nitrogens with one attached hydrogen (secondary N) is 1. The van der Waals surface area contributed by atoms with Gasteiger partial charge in [-0.25, -0.2) is 4.98 Å². The van der Waals surface area contributed by atoms with E-state index in [2.05, 4.69) is 32.4 Å². The smallest absolute Gasteiger partial charge is 0.157 e. The van der Waals surface area contributed by atoms with Crippen molar-refractivity contribution >= 4 is 11.0 Å². The summed E-state index contributed by atoms with van der Waals surface area (Å²) in [4.78, 5) is 7.07. The minimum Gasteiger partial charge on any atom is -0.468 e. The van der Waals surface area contributed by atoms with Gasteiger partial charge in [-0.2, -0.15) is 5.10 Å². The van der Waals surface area contributed by atoms with Crippen LogP contribution >= 0.6 is 0 Å². The molecule has 0 radical (unpaired) electrons. The number of hydrogen-bond donors (Lipinski definition) is 1. The maximum absolute atomic E-state index is 5.68. The molecular weight excluding hydrogens is 314 g/mol. The zero-order valence-electron chi connectivity index (χ0n) is 14.9. The highest BCUT2D eigenvalue weighted by atomic mass is 16.3. The Labute approximate surface area is 147 Å². The van der Waals surface area contributed by atoms with Crippen LogP contribution in [-0.2, 0) is 13.6 Å². The molecule has 1 fully saturated rings. The van der Waals surface area contributed by atoms with Gasteiger partial charge in [-0.3, -0.25) is 9.58 Å². The summed E-state index contributed by atoms with van der Waals surface area (Å²) >= 11 is 0. The summed E-state index contributed by atoms with van der Waals surface area (Å²) in [5.74, 6) is 1.05. The summed E-state index contributed by atoms with van der Waals surface area (Å²) in [5, 5.41) is 9.16. The van der Waals surface area contributed by atoms with Crippen molar-refractivity contribution in [2.75, 3.05) is 19.6 Å². The number of likely N-dealkylation sites (tertiary alicyclic amines) is 1. The third-order valence-electron chi connectivity index (χ3n) is 5.04. The molecule has 1 unspecified atom stereocenters. The molecule has 1 N–H and O–H groups in total. The first kappa shape index (κ1) is 16.3. The predicted molar refractivity (Wildman–Crippen MR) is 97.2 cm³/mol. The van der Waals surface area contributed by atoms with Gasteiger partial charge in [-0.15, -0.1) is 0 Å². The molecule has 0 saturated carbocycles. The average molecular weight is 339 g/mol. The third kappa shape index (κ3) is 3.32. The molecule has 0 amide bonds. The molecule has 6 nitrogen and oxygen atoms in total. The lowest BCUT2D eigenvalue weighted by molar-refractivity contribution is 0.209. The number of aryl methyl sites for hydroxylation is 2. The normalized spacial score (nSPS) is 16.7. The summed E-state index contributed by atoms with van der Waals surface area (Å²) in [5.41, 5.74) is 3.15. The van der Waals surface area contributed by atoms with Crippen LogP contribution in [0.2, 0.25) is 0 Å². The van der Waals surface area contributed by atoms with Gasteiger partial charge in [0.15, 0.2) is 5.65 Å². The van der Waals surface area contributed by atoms with Gasteiger partial charge in [0.05, 0.1) is 18.0 Å². The molecule has 0 bridgehead atoms. The first-order chi connectivity index (χ1) is 12.2. The highest BCUT2D eigenvalue weighted by Gasteiger charge is 2.25. The molecule has 0 spiro atoms. The first-order valence-electron chi connectivity index (χ1n) is 8.99. The highest BCUT2D eigenvalue weighted by molar-refractivity contribution is 5.78. The molecule has 3 aromatic heterocycles. The monoisotopic (exact) mass is 339 g/mol. The van der Waals surface area contributed by atoms with Gasteiger partial charge >= 0.3 is 0 Å². The van der Waals surface area contributed by atoms with E-state index in [0.29, 0.717) is 6.04 Å². The molecule has 4 heterocycles. The Balaban J connectivity index is 1.44. The quantitative estimate of drug-likeness (QED) is 0.748. The second-order valence-electron chi connectivity index (χ2n) is 6.83. The molecule has 1 saturated heterocycles. The van der Waals surface area contributed by atoms with Crippen LogP contribution in [0.25, 0.3) is 11.0 Å². The van der Waals surface area contributed by atoms with Gasteiger partial charge in [0.2, 0.25) is 0 Å². The van der Waals surface area contributed by atoms with E-state index in [4.69, 9.17) is 4.42 Å². The lowest BCUT2D eigenvalue weighted by Crippen LogP contribution is -2.33. The van der Waals surface area contributed by atoms with Gasteiger partial charge in [0.1, 0.15) is 5.76 Å². The van der Waals surface area contributed by atoms with Crippen molar-refractivity contribution in [2.24, 2.45) is 7.05 Å².